The van der Waals surface area contributed by atoms with E-state index >= 15 is 0 Å². The Morgan fingerprint density at radius 2 is 1.33 bits per heavy atom. The molecular formula is C27H30BrNO. The maximum Gasteiger partial charge on any atom is 0.119 e. The average molecular weight is 464 g/mol. The van der Waals surface area contributed by atoms with Crippen molar-refractivity contribution in [3.63, 3.8) is 0 Å². The Bertz CT molecular complexity index is 934. The first kappa shape index (κ1) is 22.3. The highest BCUT2D eigenvalue weighted by atomic mass is 79.9. The van der Waals surface area contributed by atoms with Gasteiger partial charge in [0.1, 0.15) is 12.4 Å². The third-order valence-corrected chi connectivity index (χ3v) is 6.06. The molecule has 0 aromatic heterocycles. The number of halogens is 1. The fourth-order valence-electron chi connectivity index (χ4n) is 3.52. The molecule has 1 unspecified atom stereocenters. The highest BCUT2D eigenvalue weighted by Crippen LogP contribution is 2.37. The van der Waals surface area contributed by atoms with Crippen LogP contribution < -0.4 is 4.74 Å². The predicted octanol–water partition coefficient (Wildman–Crippen LogP) is 6.62. The second-order valence-corrected chi connectivity index (χ2v) is 8.40. The van der Waals surface area contributed by atoms with Gasteiger partial charge in [-0.25, -0.2) is 0 Å². The quantitative estimate of drug-likeness (QED) is 0.261. The molecule has 0 aliphatic heterocycles. The largest absolute Gasteiger partial charge is 0.492 e. The van der Waals surface area contributed by atoms with Crippen LogP contribution in [0.3, 0.4) is 0 Å². The van der Waals surface area contributed by atoms with Crippen LogP contribution in [0, 0.1) is 5.92 Å². The third-order valence-electron chi connectivity index (χ3n) is 5.09. The van der Waals surface area contributed by atoms with Crippen LogP contribution in [0.15, 0.2) is 84.9 Å². The van der Waals surface area contributed by atoms with Gasteiger partial charge in [-0.15, -0.1) is 0 Å². The first-order valence-electron chi connectivity index (χ1n) is 10.4. The van der Waals surface area contributed by atoms with Crippen molar-refractivity contribution < 1.29 is 4.74 Å². The monoisotopic (exact) mass is 463 g/mol. The first-order chi connectivity index (χ1) is 14.6. The van der Waals surface area contributed by atoms with Crippen molar-refractivity contribution in [2.45, 2.75) is 6.92 Å². The van der Waals surface area contributed by atoms with Crippen LogP contribution in [-0.4, -0.2) is 37.5 Å². The molecule has 0 fully saturated rings. The highest BCUT2D eigenvalue weighted by molar-refractivity contribution is 9.09. The second-order valence-electron chi connectivity index (χ2n) is 7.75. The average Bonchev–Trinajstić information content (AvgIpc) is 2.78. The number of likely N-dealkylation sites (N-methyl/N-ethyl adjacent to an activating group) is 1. The van der Waals surface area contributed by atoms with Gasteiger partial charge in [-0.1, -0.05) is 95.7 Å². The lowest BCUT2D eigenvalue weighted by Crippen LogP contribution is -2.19. The van der Waals surface area contributed by atoms with E-state index in [-0.39, 0.29) is 0 Å². The zero-order valence-electron chi connectivity index (χ0n) is 18.0. The van der Waals surface area contributed by atoms with Crippen molar-refractivity contribution >= 4 is 27.1 Å². The molecule has 0 saturated heterocycles. The van der Waals surface area contributed by atoms with Crippen molar-refractivity contribution in [3.8, 4) is 5.75 Å². The van der Waals surface area contributed by atoms with Crippen LogP contribution in [0.5, 0.6) is 5.75 Å². The first-order valence-corrected chi connectivity index (χ1v) is 11.5. The van der Waals surface area contributed by atoms with E-state index < -0.39 is 0 Å². The molecule has 1 atom stereocenters. The minimum Gasteiger partial charge on any atom is -0.492 e. The van der Waals surface area contributed by atoms with Crippen LogP contribution in [0.4, 0.5) is 0 Å². The van der Waals surface area contributed by atoms with E-state index in [4.69, 9.17) is 4.74 Å². The topological polar surface area (TPSA) is 12.5 Å². The molecule has 0 N–H and O–H groups in total. The summed E-state index contributed by atoms with van der Waals surface area (Å²) >= 11 is 3.72. The minimum atomic E-state index is 0.360. The summed E-state index contributed by atoms with van der Waals surface area (Å²) in [6.45, 7) is 3.86. The Labute approximate surface area is 189 Å². The fourth-order valence-corrected chi connectivity index (χ4v) is 3.84. The molecule has 0 amide bonds. The number of ether oxygens (including phenoxy) is 1. The van der Waals surface area contributed by atoms with Crippen LogP contribution in [-0.2, 0) is 0 Å². The van der Waals surface area contributed by atoms with E-state index in [0.717, 1.165) is 17.6 Å². The van der Waals surface area contributed by atoms with Gasteiger partial charge in [0.2, 0.25) is 0 Å². The molecule has 3 heteroatoms. The molecule has 0 aliphatic carbocycles. The second kappa shape index (κ2) is 11.1. The lowest BCUT2D eigenvalue weighted by molar-refractivity contribution is 0.261. The molecule has 0 saturated carbocycles. The molecular weight excluding hydrogens is 434 g/mol. The van der Waals surface area contributed by atoms with E-state index in [1.54, 1.807) is 0 Å². The maximum absolute atomic E-state index is 5.91. The molecule has 3 aromatic rings. The zero-order valence-corrected chi connectivity index (χ0v) is 19.6. The number of allylic oxidation sites excluding steroid dienone is 1. The summed E-state index contributed by atoms with van der Waals surface area (Å²) in [6.07, 6.45) is 0. The Kier molecular flexibility index (Phi) is 8.30. The Morgan fingerprint density at radius 1 is 0.800 bits per heavy atom. The van der Waals surface area contributed by atoms with Gasteiger partial charge in [0.05, 0.1) is 0 Å². The summed E-state index contributed by atoms with van der Waals surface area (Å²) in [7, 11) is 4.11. The van der Waals surface area contributed by atoms with Crippen LogP contribution in [0.1, 0.15) is 23.6 Å². The van der Waals surface area contributed by atoms with Gasteiger partial charge in [-0.2, -0.15) is 0 Å². The van der Waals surface area contributed by atoms with E-state index in [0.29, 0.717) is 12.5 Å². The standard InChI is InChI=1S/C27H30BrNO/c1-21(20-28)26(22-10-6-4-7-11-22)27(23-12-8-5-9-13-23)24-14-16-25(17-15-24)30-19-18-29(2)3/h4-17,21H,18-20H2,1-3H3/b27-26+. The summed E-state index contributed by atoms with van der Waals surface area (Å²) < 4.78 is 5.91. The maximum atomic E-state index is 5.91. The molecule has 3 rings (SSSR count). The van der Waals surface area contributed by atoms with Gasteiger partial charge in [0, 0.05) is 11.9 Å². The van der Waals surface area contributed by atoms with Crippen LogP contribution in [0.25, 0.3) is 11.1 Å². The van der Waals surface area contributed by atoms with Gasteiger partial charge >= 0.3 is 0 Å². The number of nitrogens with zero attached hydrogens (tertiary/aromatic N) is 1. The van der Waals surface area contributed by atoms with E-state index in [1.807, 2.05) is 0 Å². The molecule has 0 aliphatic rings. The van der Waals surface area contributed by atoms with Crippen LogP contribution >= 0.6 is 15.9 Å². The van der Waals surface area contributed by atoms with Gasteiger partial charge in [0.25, 0.3) is 0 Å². The van der Waals surface area contributed by atoms with Crippen molar-refractivity contribution in [1.82, 2.24) is 4.90 Å². The lowest BCUT2D eigenvalue weighted by Gasteiger charge is -2.22. The zero-order chi connectivity index (χ0) is 21.3. The smallest absolute Gasteiger partial charge is 0.119 e. The molecule has 2 nitrogen and oxygen atoms in total. The van der Waals surface area contributed by atoms with Crippen molar-refractivity contribution in [2.24, 2.45) is 5.92 Å². The SMILES string of the molecule is CC(CBr)/C(=C(/c1ccccc1)c1ccc(OCCN(C)C)cc1)c1ccccc1. The number of alkyl halides is 1. The molecule has 30 heavy (non-hydrogen) atoms. The lowest BCUT2D eigenvalue weighted by atomic mass is 9.84. The Hall–Kier alpha value is -2.36. The minimum absolute atomic E-state index is 0.360. The number of hydrogen-bond donors (Lipinski definition) is 0. The van der Waals surface area contributed by atoms with Gasteiger partial charge in [0.15, 0.2) is 0 Å². The number of benzene rings is 3. The van der Waals surface area contributed by atoms with Crippen molar-refractivity contribution in [3.05, 3.63) is 102 Å². The van der Waals surface area contributed by atoms with Crippen LogP contribution in [0.2, 0.25) is 0 Å². The molecule has 0 radical (unpaired) electrons. The molecule has 0 heterocycles. The summed E-state index contributed by atoms with van der Waals surface area (Å²) in [5.74, 6) is 1.27. The van der Waals surface area contributed by atoms with Gasteiger partial charge in [-0.3, -0.25) is 0 Å². The van der Waals surface area contributed by atoms with Gasteiger partial charge in [-0.05, 0) is 60.0 Å². The van der Waals surface area contributed by atoms with E-state index in [9.17, 15) is 0 Å². The van der Waals surface area contributed by atoms with Crippen molar-refractivity contribution in [2.75, 3.05) is 32.6 Å². The fraction of sp³-hybridized carbons (Fsp3) is 0.259. The van der Waals surface area contributed by atoms with Crippen molar-refractivity contribution in [1.29, 1.82) is 0 Å². The molecule has 0 spiro atoms. The molecule has 0 bridgehead atoms. The molecule has 156 valence electrons. The predicted molar refractivity (Wildman–Crippen MR) is 132 cm³/mol. The Balaban J connectivity index is 2.08. The van der Waals surface area contributed by atoms with E-state index in [1.165, 1.54) is 27.8 Å². The summed E-state index contributed by atoms with van der Waals surface area (Å²) in [4.78, 5) is 2.12. The number of rotatable bonds is 9. The summed E-state index contributed by atoms with van der Waals surface area (Å²) in [5.41, 5.74) is 6.31. The van der Waals surface area contributed by atoms with Gasteiger partial charge < -0.3 is 9.64 Å². The summed E-state index contributed by atoms with van der Waals surface area (Å²) in [5, 5.41) is 0.902. The Morgan fingerprint density at radius 3 is 1.87 bits per heavy atom. The normalized spacial score (nSPS) is 13.1. The number of hydrogen-bond acceptors (Lipinski definition) is 2. The highest BCUT2D eigenvalue weighted by Gasteiger charge is 2.18. The molecule has 3 aromatic carbocycles. The van der Waals surface area contributed by atoms with E-state index in [2.05, 4.69) is 127 Å². The summed E-state index contributed by atoms with van der Waals surface area (Å²) in [6, 6.07) is 29.9. The third kappa shape index (κ3) is 5.84.